The Kier molecular flexibility index (Phi) is 7.17. The molecule has 184 valence electrons. The molecule has 0 amide bonds. The van der Waals surface area contributed by atoms with E-state index >= 15 is 0 Å². The van der Waals surface area contributed by atoms with E-state index in [2.05, 4.69) is 20.5 Å². The zero-order valence-corrected chi connectivity index (χ0v) is 20.9. The molecule has 3 aromatic carbocycles. The van der Waals surface area contributed by atoms with Crippen LogP contribution in [0.25, 0.3) is 0 Å². The van der Waals surface area contributed by atoms with Crippen molar-refractivity contribution in [2.75, 3.05) is 5.73 Å². The fourth-order valence-corrected chi connectivity index (χ4v) is 4.32. The fraction of sp³-hybridized carbons (Fsp3) is 0.182. The van der Waals surface area contributed by atoms with Crippen molar-refractivity contribution in [3.05, 3.63) is 64.7 Å². The summed E-state index contributed by atoms with van der Waals surface area (Å²) in [5, 5.41) is 16.6. The number of hydrogen-bond donors (Lipinski definition) is 3. The Balaban J connectivity index is 1.97. The Morgan fingerprint density at radius 1 is 0.600 bits per heavy atom. The maximum Gasteiger partial charge on any atom is 0.296 e. The molecular formula is C22H23N5O6S2. The molecule has 3 aromatic rings. The first-order valence-corrected chi connectivity index (χ1v) is 13.0. The van der Waals surface area contributed by atoms with E-state index in [1.165, 1.54) is 0 Å². The monoisotopic (exact) mass is 517 g/mol. The fourth-order valence-electron chi connectivity index (χ4n) is 3.09. The first-order chi connectivity index (χ1) is 16.2. The summed E-state index contributed by atoms with van der Waals surface area (Å²) in [6, 6.07) is 9.64. The number of hydrogen-bond acceptors (Lipinski definition) is 9. The highest BCUT2D eigenvalue weighted by atomic mass is 32.2. The van der Waals surface area contributed by atoms with Crippen molar-refractivity contribution < 1.29 is 25.9 Å². The van der Waals surface area contributed by atoms with E-state index in [0.717, 1.165) is 28.8 Å². The average Bonchev–Trinajstić information content (AvgIpc) is 2.74. The highest BCUT2D eigenvalue weighted by Crippen LogP contribution is 2.34. The van der Waals surface area contributed by atoms with Gasteiger partial charge >= 0.3 is 0 Å². The van der Waals surface area contributed by atoms with Crippen LogP contribution in [0.1, 0.15) is 22.3 Å². The first kappa shape index (κ1) is 26.1. The summed E-state index contributed by atoms with van der Waals surface area (Å²) in [5.41, 5.74) is 11.1. The molecule has 0 unspecified atom stereocenters. The molecule has 0 heterocycles. The Labute approximate surface area is 202 Å². The van der Waals surface area contributed by atoms with Crippen molar-refractivity contribution in [1.29, 1.82) is 0 Å². The third-order valence-electron chi connectivity index (χ3n) is 5.14. The van der Waals surface area contributed by atoms with Gasteiger partial charge in [-0.1, -0.05) is 0 Å². The molecule has 0 saturated heterocycles. The molecule has 35 heavy (non-hydrogen) atoms. The van der Waals surface area contributed by atoms with Crippen LogP contribution in [0.2, 0.25) is 0 Å². The predicted octanol–water partition coefficient (Wildman–Crippen LogP) is 5.83. The molecular weight excluding hydrogens is 494 g/mol. The summed E-state index contributed by atoms with van der Waals surface area (Å²) in [7, 11) is -9.55. The molecule has 0 bridgehead atoms. The van der Waals surface area contributed by atoms with Crippen molar-refractivity contribution in [2.45, 2.75) is 37.5 Å². The number of rotatable bonds is 6. The lowest BCUT2D eigenvalue weighted by molar-refractivity contribution is 0.481. The van der Waals surface area contributed by atoms with Gasteiger partial charge in [-0.3, -0.25) is 9.11 Å². The maximum atomic E-state index is 11.7. The van der Waals surface area contributed by atoms with Crippen molar-refractivity contribution in [3.63, 3.8) is 0 Å². The minimum absolute atomic E-state index is 0.310. The van der Waals surface area contributed by atoms with Crippen LogP contribution in [0, 0.1) is 27.7 Å². The lowest BCUT2D eigenvalue weighted by atomic mass is 10.1. The summed E-state index contributed by atoms with van der Waals surface area (Å²) in [6.07, 6.45) is 0. The van der Waals surface area contributed by atoms with E-state index in [-0.39, 0.29) is 5.69 Å². The number of azo groups is 2. The number of nitrogens with zero attached hydrogens (tertiary/aromatic N) is 4. The van der Waals surface area contributed by atoms with Gasteiger partial charge in [0, 0.05) is 5.69 Å². The van der Waals surface area contributed by atoms with E-state index in [4.69, 9.17) is 10.3 Å². The van der Waals surface area contributed by atoms with Crippen LogP contribution >= 0.6 is 0 Å². The van der Waals surface area contributed by atoms with Gasteiger partial charge in [0.15, 0.2) is 0 Å². The van der Waals surface area contributed by atoms with Crippen LogP contribution in [0.4, 0.5) is 28.4 Å². The molecule has 0 fully saturated rings. The molecule has 0 spiro atoms. The van der Waals surface area contributed by atoms with E-state index in [0.29, 0.717) is 34.4 Å². The second kappa shape index (κ2) is 9.62. The largest absolute Gasteiger partial charge is 0.399 e. The highest BCUT2D eigenvalue weighted by molar-refractivity contribution is 7.86. The first-order valence-electron chi connectivity index (χ1n) is 10.1. The molecule has 0 aromatic heterocycles. The van der Waals surface area contributed by atoms with Gasteiger partial charge in [-0.2, -0.15) is 32.2 Å². The van der Waals surface area contributed by atoms with E-state index in [1.54, 1.807) is 26.0 Å². The molecule has 0 aliphatic heterocycles. The quantitative estimate of drug-likeness (QED) is 0.209. The summed E-state index contributed by atoms with van der Waals surface area (Å²) >= 11 is 0. The van der Waals surface area contributed by atoms with Crippen molar-refractivity contribution in [1.82, 2.24) is 0 Å². The molecule has 13 heteroatoms. The zero-order valence-electron chi connectivity index (χ0n) is 19.3. The van der Waals surface area contributed by atoms with Crippen LogP contribution < -0.4 is 5.73 Å². The average molecular weight is 518 g/mol. The zero-order chi connectivity index (χ0) is 26.1. The highest BCUT2D eigenvalue weighted by Gasteiger charge is 2.20. The molecule has 0 radical (unpaired) electrons. The van der Waals surface area contributed by atoms with Crippen molar-refractivity contribution in [2.24, 2.45) is 20.5 Å². The predicted molar refractivity (Wildman–Crippen MR) is 131 cm³/mol. The van der Waals surface area contributed by atoms with E-state index in [9.17, 15) is 21.4 Å². The normalized spacial score (nSPS) is 12.6. The molecule has 0 aliphatic rings. The molecule has 0 saturated carbocycles. The van der Waals surface area contributed by atoms with Crippen LogP contribution in [0.15, 0.2) is 72.7 Å². The Bertz CT molecular complexity index is 1600. The van der Waals surface area contributed by atoms with Crippen LogP contribution in [-0.2, 0) is 20.2 Å². The number of benzene rings is 3. The van der Waals surface area contributed by atoms with Gasteiger partial charge < -0.3 is 5.73 Å². The number of anilines is 1. The van der Waals surface area contributed by atoms with Crippen LogP contribution in [0.3, 0.4) is 0 Å². The Morgan fingerprint density at radius 2 is 1.03 bits per heavy atom. The second-order valence-electron chi connectivity index (χ2n) is 7.90. The lowest BCUT2D eigenvalue weighted by Crippen LogP contribution is -2.03. The van der Waals surface area contributed by atoms with Crippen molar-refractivity contribution >= 4 is 48.7 Å². The molecule has 0 aliphatic carbocycles. The van der Waals surface area contributed by atoms with Crippen LogP contribution in [-0.4, -0.2) is 25.9 Å². The van der Waals surface area contributed by atoms with Gasteiger partial charge in [0.2, 0.25) is 0 Å². The summed E-state index contributed by atoms with van der Waals surface area (Å²) in [5.74, 6) is 0. The van der Waals surface area contributed by atoms with Gasteiger partial charge in [-0.25, -0.2) is 0 Å². The smallest absolute Gasteiger partial charge is 0.296 e. The maximum absolute atomic E-state index is 11.7. The summed E-state index contributed by atoms with van der Waals surface area (Å²) in [4.78, 5) is -1.53. The topological polar surface area (TPSA) is 184 Å². The Hall–Kier alpha value is -3.52. The third-order valence-corrected chi connectivity index (χ3v) is 6.87. The lowest BCUT2D eigenvalue weighted by Gasteiger charge is -2.07. The summed E-state index contributed by atoms with van der Waals surface area (Å²) in [6.45, 7) is 7.30. The van der Waals surface area contributed by atoms with Gasteiger partial charge in [0.25, 0.3) is 20.2 Å². The minimum atomic E-state index is -4.85. The molecule has 11 nitrogen and oxygen atoms in total. The van der Waals surface area contributed by atoms with Gasteiger partial charge in [-0.15, -0.1) is 5.11 Å². The van der Waals surface area contributed by atoms with Crippen LogP contribution in [0.5, 0.6) is 0 Å². The van der Waals surface area contributed by atoms with E-state index in [1.807, 2.05) is 26.0 Å². The van der Waals surface area contributed by atoms with Gasteiger partial charge in [0.1, 0.15) is 10.6 Å². The van der Waals surface area contributed by atoms with E-state index < -0.39 is 30.0 Å². The van der Waals surface area contributed by atoms with Gasteiger partial charge in [0.05, 0.1) is 22.0 Å². The standard InChI is InChI=1S/C22H23N5O6S2/c1-12-8-19(13(2)7-17(12)23)26-27-21-10-14(3)20(9-15(21)4)25-24-18-6-5-16(34(28,29)30)11-22(18)35(31,32)33/h5-11H,23H2,1-4H3,(H,28,29,30)(H,31,32,33). The molecule has 4 N–H and O–H groups in total. The third kappa shape index (κ3) is 6.14. The summed E-state index contributed by atoms with van der Waals surface area (Å²) < 4.78 is 64.7. The molecule has 0 atom stereocenters. The van der Waals surface area contributed by atoms with Crippen molar-refractivity contribution in [3.8, 4) is 0 Å². The second-order valence-corrected chi connectivity index (χ2v) is 10.7. The molecule has 3 rings (SSSR count). The van der Waals surface area contributed by atoms with Gasteiger partial charge in [-0.05, 0) is 92.4 Å². The SMILES string of the molecule is Cc1cc(N=Nc2cc(C)c(N=Nc3ccc(S(=O)(=O)O)cc3S(=O)(=O)O)cc2C)c(C)cc1N. The number of aryl methyl sites for hydroxylation is 4. The number of nitrogens with two attached hydrogens (primary N) is 1. The minimum Gasteiger partial charge on any atom is -0.399 e. The number of nitrogen functional groups attached to an aromatic ring is 1. The Morgan fingerprint density at radius 3 is 1.49 bits per heavy atom.